The second-order valence-electron chi connectivity index (χ2n) is 3.74. The molecule has 0 aliphatic rings. The summed E-state index contributed by atoms with van der Waals surface area (Å²) < 4.78 is 13.8. The summed E-state index contributed by atoms with van der Waals surface area (Å²) in [6, 6.07) is 6.52. The highest BCUT2D eigenvalue weighted by Crippen LogP contribution is 2.39. The first-order valence-electron chi connectivity index (χ1n) is 5.20. The molecule has 1 aromatic carbocycles. The van der Waals surface area contributed by atoms with Gasteiger partial charge in [-0.05, 0) is 23.8 Å². The van der Waals surface area contributed by atoms with Gasteiger partial charge in [0.25, 0.3) is 0 Å². The molecule has 2 nitrogen and oxygen atoms in total. The molecular weight excluding hydrogens is 310 g/mol. The van der Waals surface area contributed by atoms with E-state index in [2.05, 4.69) is 4.98 Å². The number of nitriles is 1. The van der Waals surface area contributed by atoms with Crippen LogP contribution in [0.25, 0.3) is 11.1 Å². The molecule has 0 aliphatic carbocycles. The van der Waals surface area contributed by atoms with Gasteiger partial charge in [0, 0.05) is 17.3 Å². The Hall–Kier alpha value is -1.34. The Morgan fingerprint density at radius 3 is 2.58 bits per heavy atom. The average molecular weight is 316 g/mol. The average Bonchev–Trinajstić information content (AvgIpc) is 2.38. The van der Waals surface area contributed by atoms with E-state index in [4.69, 9.17) is 40.1 Å². The van der Waals surface area contributed by atoms with Crippen LogP contribution in [-0.4, -0.2) is 4.98 Å². The van der Waals surface area contributed by atoms with Gasteiger partial charge in [-0.15, -0.1) is 0 Å². The van der Waals surface area contributed by atoms with E-state index in [1.165, 1.54) is 24.4 Å². The van der Waals surface area contributed by atoms with Crippen LogP contribution in [0, 0.1) is 17.3 Å². The Bertz CT molecular complexity index is 680. The molecule has 19 heavy (non-hydrogen) atoms. The van der Waals surface area contributed by atoms with Crippen LogP contribution in [0.15, 0.2) is 24.4 Å². The monoisotopic (exact) mass is 314 g/mol. The molecule has 0 atom stereocenters. The van der Waals surface area contributed by atoms with E-state index in [1.807, 2.05) is 6.07 Å². The van der Waals surface area contributed by atoms with Gasteiger partial charge < -0.3 is 0 Å². The van der Waals surface area contributed by atoms with Gasteiger partial charge in [-0.2, -0.15) is 9.65 Å². The fourth-order valence-corrected chi connectivity index (χ4v) is 2.36. The molecule has 0 saturated heterocycles. The summed E-state index contributed by atoms with van der Waals surface area (Å²) in [7, 11) is 0. The molecule has 0 spiro atoms. The third-order valence-corrected chi connectivity index (χ3v) is 3.61. The van der Waals surface area contributed by atoms with E-state index in [0.717, 1.165) is 0 Å². The molecule has 0 radical (unpaired) electrons. The zero-order chi connectivity index (χ0) is 14.0. The van der Waals surface area contributed by atoms with Crippen LogP contribution in [0.4, 0.5) is 4.39 Å². The summed E-state index contributed by atoms with van der Waals surface area (Å²) in [6.45, 7) is 0. The zero-order valence-corrected chi connectivity index (χ0v) is 11.7. The van der Waals surface area contributed by atoms with E-state index in [1.54, 1.807) is 0 Å². The molecule has 0 saturated carbocycles. The molecule has 2 aromatic rings. The lowest BCUT2D eigenvalue weighted by Gasteiger charge is -2.10. The normalized spacial score (nSPS) is 10.3. The van der Waals surface area contributed by atoms with Crippen LogP contribution < -0.4 is 0 Å². The maximum atomic E-state index is 13.8. The molecule has 0 unspecified atom stereocenters. The number of hydrogen-bond donors (Lipinski definition) is 0. The summed E-state index contributed by atoms with van der Waals surface area (Å²) in [4.78, 5) is 3.61. The number of rotatable bonds is 2. The standard InChI is InChI=1S/C13H6Cl3FN2/c14-9-1-2-10(15)12(16)11(9)8-5-7(3-4-18)6-19-13(8)17/h1-2,5-6H,3H2. The zero-order valence-electron chi connectivity index (χ0n) is 9.42. The number of benzene rings is 1. The van der Waals surface area contributed by atoms with E-state index >= 15 is 0 Å². The molecule has 1 aromatic heterocycles. The highest BCUT2D eigenvalue weighted by Gasteiger charge is 2.16. The fraction of sp³-hybridized carbons (Fsp3) is 0.0769. The minimum Gasteiger partial charge on any atom is -0.227 e. The molecule has 0 amide bonds. The maximum absolute atomic E-state index is 13.8. The number of nitrogens with zero attached hydrogens (tertiary/aromatic N) is 2. The molecule has 0 bridgehead atoms. The van der Waals surface area contributed by atoms with Crippen molar-refractivity contribution in [2.45, 2.75) is 6.42 Å². The van der Waals surface area contributed by atoms with E-state index < -0.39 is 5.95 Å². The largest absolute Gasteiger partial charge is 0.227 e. The molecule has 0 N–H and O–H groups in total. The summed E-state index contributed by atoms with van der Waals surface area (Å²) in [6.07, 6.45) is 1.42. The molecule has 96 valence electrons. The van der Waals surface area contributed by atoms with Gasteiger partial charge >= 0.3 is 0 Å². The van der Waals surface area contributed by atoms with Crippen LogP contribution in [0.5, 0.6) is 0 Å². The lowest BCUT2D eigenvalue weighted by Crippen LogP contribution is -1.94. The van der Waals surface area contributed by atoms with Crippen molar-refractivity contribution < 1.29 is 4.39 Å². The van der Waals surface area contributed by atoms with Crippen molar-refractivity contribution >= 4 is 34.8 Å². The Morgan fingerprint density at radius 2 is 1.89 bits per heavy atom. The van der Waals surface area contributed by atoms with Crippen LogP contribution in [0.1, 0.15) is 5.56 Å². The van der Waals surface area contributed by atoms with Crippen LogP contribution in [-0.2, 0) is 6.42 Å². The maximum Gasteiger partial charge on any atom is 0.220 e. The topological polar surface area (TPSA) is 36.7 Å². The smallest absolute Gasteiger partial charge is 0.220 e. The molecule has 1 heterocycles. The highest BCUT2D eigenvalue weighted by atomic mass is 35.5. The first kappa shape index (κ1) is 14.1. The lowest BCUT2D eigenvalue weighted by atomic mass is 10.0. The first-order valence-corrected chi connectivity index (χ1v) is 6.33. The fourth-order valence-electron chi connectivity index (χ4n) is 1.63. The molecule has 0 aliphatic heterocycles. The van der Waals surface area contributed by atoms with Gasteiger partial charge in [0.15, 0.2) is 0 Å². The SMILES string of the molecule is N#CCc1cnc(F)c(-c2c(Cl)ccc(Cl)c2Cl)c1. The first-order chi connectivity index (χ1) is 9.04. The summed E-state index contributed by atoms with van der Waals surface area (Å²) in [5, 5.41) is 9.35. The van der Waals surface area contributed by atoms with E-state index in [0.29, 0.717) is 5.56 Å². The predicted octanol–water partition coefficient (Wildman–Crippen LogP) is 4.91. The van der Waals surface area contributed by atoms with E-state index in [-0.39, 0.29) is 32.6 Å². The third-order valence-electron chi connectivity index (χ3n) is 2.49. The van der Waals surface area contributed by atoms with Crippen LogP contribution in [0.3, 0.4) is 0 Å². The predicted molar refractivity (Wildman–Crippen MR) is 74.0 cm³/mol. The van der Waals surface area contributed by atoms with Crippen LogP contribution in [0.2, 0.25) is 15.1 Å². The van der Waals surface area contributed by atoms with Crippen molar-refractivity contribution in [2.24, 2.45) is 0 Å². The van der Waals surface area contributed by atoms with Crippen LogP contribution >= 0.6 is 34.8 Å². The number of hydrogen-bond acceptors (Lipinski definition) is 2. The van der Waals surface area contributed by atoms with E-state index in [9.17, 15) is 4.39 Å². The van der Waals surface area contributed by atoms with Crippen molar-refractivity contribution in [3.8, 4) is 17.2 Å². The quantitative estimate of drug-likeness (QED) is 0.583. The van der Waals surface area contributed by atoms with Crippen molar-refractivity contribution in [1.29, 1.82) is 5.26 Å². The Balaban J connectivity index is 2.68. The van der Waals surface area contributed by atoms with Crippen molar-refractivity contribution in [3.63, 3.8) is 0 Å². The molecule has 0 fully saturated rings. The molecule has 6 heteroatoms. The van der Waals surface area contributed by atoms with Gasteiger partial charge in [-0.3, -0.25) is 0 Å². The number of halogens is 4. The minimum atomic E-state index is -0.715. The summed E-state index contributed by atoms with van der Waals surface area (Å²) in [5.41, 5.74) is 0.983. The highest BCUT2D eigenvalue weighted by molar-refractivity contribution is 6.46. The van der Waals surface area contributed by atoms with Crippen molar-refractivity contribution in [1.82, 2.24) is 4.98 Å². The Labute approximate surface area is 124 Å². The van der Waals surface area contributed by atoms with Crippen molar-refractivity contribution in [3.05, 3.63) is 51.0 Å². The lowest BCUT2D eigenvalue weighted by molar-refractivity contribution is 0.586. The second-order valence-corrected chi connectivity index (χ2v) is 4.93. The summed E-state index contributed by atoms with van der Waals surface area (Å²) in [5.74, 6) is -0.715. The third kappa shape index (κ3) is 2.82. The Kier molecular flexibility index (Phi) is 4.26. The molecule has 2 rings (SSSR count). The van der Waals surface area contributed by atoms with Gasteiger partial charge in [0.2, 0.25) is 5.95 Å². The van der Waals surface area contributed by atoms with Crippen molar-refractivity contribution in [2.75, 3.05) is 0 Å². The molecular formula is C13H6Cl3FN2. The van der Waals surface area contributed by atoms with Gasteiger partial charge in [0.05, 0.1) is 27.6 Å². The van der Waals surface area contributed by atoms with Gasteiger partial charge in [-0.1, -0.05) is 34.8 Å². The summed E-state index contributed by atoms with van der Waals surface area (Å²) >= 11 is 18.0. The number of aromatic nitrogens is 1. The minimum absolute atomic E-state index is 0.121. The second kappa shape index (κ2) is 5.75. The number of pyridine rings is 1. The van der Waals surface area contributed by atoms with Gasteiger partial charge in [-0.25, -0.2) is 4.98 Å². The Morgan fingerprint density at radius 1 is 1.21 bits per heavy atom. The van der Waals surface area contributed by atoms with Gasteiger partial charge in [0.1, 0.15) is 0 Å².